The molecule has 8 nitrogen and oxygen atoms in total. The molecule has 1 aliphatic rings. The maximum absolute atomic E-state index is 13.4. The van der Waals surface area contributed by atoms with Crippen LogP contribution in [0.15, 0.2) is 24.3 Å². The van der Waals surface area contributed by atoms with E-state index in [9.17, 15) is 9.50 Å². The molecule has 3 heterocycles. The topological polar surface area (TPSA) is 88.3 Å². The van der Waals surface area contributed by atoms with Crippen molar-refractivity contribution in [3.8, 4) is 0 Å². The zero-order valence-electron chi connectivity index (χ0n) is 18.7. The van der Waals surface area contributed by atoms with Gasteiger partial charge in [-0.2, -0.15) is 10.1 Å². The zero-order chi connectivity index (χ0) is 22.5. The molecule has 1 saturated heterocycles. The maximum atomic E-state index is 13.4. The molecule has 0 unspecified atom stereocenters. The fraction of sp³-hybridized carbons (Fsp3) is 0.522. The van der Waals surface area contributed by atoms with E-state index in [1.165, 1.54) is 12.1 Å². The number of hydrogen-bond donors (Lipinski definition) is 2. The van der Waals surface area contributed by atoms with Gasteiger partial charge in [-0.15, -0.1) is 0 Å². The average Bonchev–Trinajstić information content (AvgIpc) is 3.18. The number of nitrogens with zero attached hydrogens (tertiary/aromatic N) is 5. The Hall–Kier alpha value is -2.78. The molecule has 3 aromatic rings. The molecule has 0 atom stereocenters. The van der Waals surface area contributed by atoms with Crippen LogP contribution in [0.4, 0.5) is 21.8 Å². The van der Waals surface area contributed by atoms with Gasteiger partial charge in [0.15, 0.2) is 5.82 Å². The zero-order valence-corrected chi connectivity index (χ0v) is 18.7. The summed E-state index contributed by atoms with van der Waals surface area (Å²) < 4.78 is 20.9. The number of rotatable bonds is 9. The van der Waals surface area contributed by atoms with E-state index in [0.29, 0.717) is 37.4 Å². The molecule has 2 N–H and O–H groups in total. The van der Waals surface area contributed by atoms with Gasteiger partial charge in [-0.25, -0.2) is 9.37 Å². The fourth-order valence-corrected chi connectivity index (χ4v) is 4.04. The second-order valence-corrected chi connectivity index (χ2v) is 8.03. The third-order valence-corrected chi connectivity index (χ3v) is 5.89. The van der Waals surface area contributed by atoms with E-state index in [2.05, 4.69) is 17.1 Å². The number of nitrogens with one attached hydrogen (secondary N) is 1. The smallest absolute Gasteiger partial charge is 0.228 e. The first-order valence-corrected chi connectivity index (χ1v) is 11.4. The van der Waals surface area contributed by atoms with Crippen molar-refractivity contribution >= 4 is 28.5 Å². The van der Waals surface area contributed by atoms with Crippen LogP contribution < -0.4 is 10.2 Å². The van der Waals surface area contributed by atoms with Crippen LogP contribution in [0.1, 0.15) is 32.4 Å². The van der Waals surface area contributed by atoms with E-state index in [1.807, 2.05) is 11.6 Å². The summed E-state index contributed by atoms with van der Waals surface area (Å²) >= 11 is 0. The number of benzene rings is 1. The van der Waals surface area contributed by atoms with Crippen LogP contribution in [0.25, 0.3) is 11.0 Å². The van der Waals surface area contributed by atoms with Crippen molar-refractivity contribution in [1.29, 1.82) is 0 Å². The molecule has 1 fully saturated rings. The largest absolute Gasteiger partial charge is 0.396 e. The van der Waals surface area contributed by atoms with Gasteiger partial charge in [-0.3, -0.25) is 4.68 Å². The Balaban J connectivity index is 1.76. The molecular weight excluding hydrogens is 411 g/mol. The fourth-order valence-electron chi connectivity index (χ4n) is 4.04. The van der Waals surface area contributed by atoms with Crippen LogP contribution >= 0.6 is 0 Å². The summed E-state index contributed by atoms with van der Waals surface area (Å²) in [6, 6.07) is 6.23. The predicted octanol–water partition coefficient (Wildman–Crippen LogP) is 3.52. The Morgan fingerprint density at radius 1 is 1.16 bits per heavy atom. The standard InChI is InChI=1S/C23H31FN6O2/c1-3-19-20-21(30(28-19)13-14-32-4-2)22(25-18-7-5-17(24)6-8-18)27-23(26-20)29-11-9-16(15-31)10-12-29/h5-8,16,31H,3-4,9-15H2,1-2H3,(H,25,26,27). The van der Waals surface area contributed by atoms with Gasteiger partial charge >= 0.3 is 0 Å². The number of piperidine rings is 1. The van der Waals surface area contributed by atoms with Gasteiger partial charge in [-0.05, 0) is 56.4 Å². The highest BCUT2D eigenvalue weighted by atomic mass is 19.1. The highest BCUT2D eigenvalue weighted by Gasteiger charge is 2.24. The van der Waals surface area contributed by atoms with Crippen molar-refractivity contribution in [2.45, 2.75) is 39.7 Å². The molecule has 1 aliphatic heterocycles. The van der Waals surface area contributed by atoms with Gasteiger partial charge in [0.1, 0.15) is 16.9 Å². The predicted molar refractivity (Wildman–Crippen MR) is 123 cm³/mol. The summed E-state index contributed by atoms with van der Waals surface area (Å²) in [4.78, 5) is 12.0. The lowest BCUT2D eigenvalue weighted by Crippen LogP contribution is -2.36. The van der Waals surface area contributed by atoms with Crippen molar-refractivity contribution < 1.29 is 14.2 Å². The number of anilines is 3. The van der Waals surface area contributed by atoms with E-state index >= 15 is 0 Å². The van der Waals surface area contributed by atoms with E-state index in [-0.39, 0.29) is 12.4 Å². The number of aliphatic hydroxyl groups excluding tert-OH is 1. The average molecular weight is 443 g/mol. The summed E-state index contributed by atoms with van der Waals surface area (Å²) in [5, 5.41) is 17.6. The molecule has 0 saturated carbocycles. The van der Waals surface area contributed by atoms with Crippen molar-refractivity contribution in [3.63, 3.8) is 0 Å². The maximum Gasteiger partial charge on any atom is 0.228 e. The molecule has 2 aromatic heterocycles. The van der Waals surface area contributed by atoms with Gasteiger partial charge in [-0.1, -0.05) is 6.92 Å². The number of aromatic nitrogens is 4. The summed E-state index contributed by atoms with van der Waals surface area (Å²) in [7, 11) is 0. The summed E-state index contributed by atoms with van der Waals surface area (Å²) in [6.45, 7) is 7.63. The highest BCUT2D eigenvalue weighted by Crippen LogP contribution is 2.30. The number of aliphatic hydroxyl groups is 1. The molecule has 0 radical (unpaired) electrons. The Morgan fingerprint density at radius 3 is 2.56 bits per heavy atom. The van der Waals surface area contributed by atoms with Crippen LogP contribution in [-0.2, 0) is 17.7 Å². The Bertz CT molecular complexity index is 1030. The Kier molecular flexibility index (Phi) is 7.16. The van der Waals surface area contributed by atoms with Crippen molar-refractivity contribution in [2.24, 2.45) is 5.92 Å². The molecule has 0 bridgehead atoms. The SMILES string of the molecule is CCOCCn1nc(CC)c2nc(N3CCC(CO)CC3)nc(Nc3ccc(F)cc3)c21. The number of aryl methyl sites for hydroxylation is 1. The van der Waals surface area contributed by atoms with Crippen LogP contribution in [-0.4, -0.2) is 57.8 Å². The molecule has 0 amide bonds. The number of fused-ring (bicyclic) bond motifs is 1. The third-order valence-electron chi connectivity index (χ3n) is 5.89. The van der Waals surface area contributed by atoms with Gasteiger partial charge in [0.05, 0.1) is 18.8 Å². The van der Waals surface area contributed by atoms with Crippen molar-refractivity contribution in [1.82, 2.24) is 19.7 Å². The molecule has 0 aliphatic carbocycles. The number of hydrogen-bond acceptors (Lipinski definition) is 7. The monoisotopic (exact) mass is 442 g/mol. The normalized spacial score (nSPS) is 14.9. The van der Waals surface area contributed by atoms with Gasteiger partial charge in [0, 0.05) is 32.0 Å². The van der Waals surface area contributed by atoms with E-state index < -0.39 is 0 Å². The van der Waals surface area contributed by atoms with Crippen LogP contribution in [0.3, 0.4) is 0 Å². The van der Waals surface area contributed by atoms with Gasteiger partial charge in [0.2, 0.25) is 5.95 Å². The number of ether oxygens (including phenoxy) is 1. The minimum absolute atomic E-state index is 0.220. The van der Waals surface area contributed by atoms with Crippen molar-refractivity contribution in [3.05, 3.63) is 35.8 Å². The summed E-state index contributed by atoms with van der Waals surface area (Å²) in [5.41, 5.74) is 3.29. The molecule has 32 heavy (non-hydrogen) atoms. The molecular formula is C23H31FN6O2. The second kappa shape index (κ2) is 10.2. The van der Waals surface area contributed by atoms with Gasteiger partial charge < -0.3 is 20.1 Å². The number of halogens is 1. The van der Waals surface area contributed by atoms with E-state index in [4.69, 9.17) is 19.8 Å². The van der Waals surface area contributed by atoms with Crippen LogP contribution in [0.5, 0.6) is 0 Å². The second-order valence-electron chi connectivity index (χ2n) is 8.03. The lowest BCUT2D eigenvalue weighted by Gasteiger charge is -2.31. The van der Waals surface area contributed by atoms with Crippen molar-refractivity contribution in [2.75, 3.05) is 43.1 Å². The Morgan fingerprint density at radius 2 is 1.91 bits per heavy atom. The molecule has 1 aromatic carbocycles. The minimum atomic E-state index is -0.286. The third kappa shape index (κ3) is 4.83. The van der Waals surface area contributed by atoms with E-state index in [0.717, 1.165) is 54.8 Å². The Labute approximate surface area is 187 Å². The lowest BCUT2D eigenvalue weighted by atomic mass is 9.98. The quantitative estimate of drug-likeness (QED) is 0.490. The van der Waals surface area contributed by atoms with Crippen LogP contribution in [0, 0.1) is 11.7 Å². The summed E-state index contributed by atoms with van der Waals surface area (Å²) in [6.07, 6.45) is 2.57. The molecule has 172 valence electrons. The molecule has 0 spiro atoms. The first kappa shape index (κ1) is 22.4. The van der Waals surface area contributed by atoms with Gasteiger partial charge in [0.25, 0.3) is 0 Å². The highest BCUT2D eigenvalue weighted by molar-refractivity contribution is 5.90. The molecule has 4 rings (SSSR count). The minimum Gasteiger partial charge on any atom is -0.396 e. The first-order chi connectivity index (χ1) is 15.6. The first-order valence-electron chi connectivity index (χ1n) is 11.4. The lowest BCUT2D eigenvalue weighted by molar-refractivity contribution is 0.137. The van der Waals surface area contributed by atoms with Crippen LogP contribution in [0.2, 0.25) is 0 Å². The van der Waals surface area contributed by atoms with E-state index in [1.54, 1.807) is 12.1 Å². The summed E-state index contributed by atoms with van der Waals surface area (Å²) in [5.74, 6) is 1.34. The molecule has 9 heteroatoms.